The van der Waals surface area contributed by atoms with Crippen LogP contribution in [0.15, 0.2) is 176 Å². The highest BCUT2D eigenvalue weighted by Crippen LogP contribution is 2.56. The second kappa shape index (κ2) is 11.3. The predicted octanol–water partition coefficient (Wildman–Crippen LogP) is 11.8. The topological polar surface area (TPSA) is 3.24 Å². The van der Waals surface area contributed by atoms with Crippen molar-refractivity contribution in [1.82, 2.24) is 0 Å². The molecule has 7 aromatic rings. The molecule has 49 heavy (non-hydrogen) atoms. The number of nitrogens with zero attached hydrogens (tertiary/aromatic N) is 1. The van der Waals surface area contributed by atoms with Crippen molar-refractivity contribution in [2.45, 2.75) is 24.7 Å². The minimum Gasteiger partial charge on any atom is -0.310 e. The number of benzene rings is 7. The Hall–Kier alpha value is -6.10. The van der Waals surface area contributed by atoms with Gasteiger partial charge in [0.25, 0.3) is 0 Å². The maximum atomic E-state index is 3.93. The van der Waals surface area contributed by atoms with Gasteiger partial charge in [-0.2, -0.15) is 0 Å². The van der Waals surface area contributed by atoms with Gasteiger partial charge in [-0.3, -0.25) is 0 Å². The number of hydrogen-bond donors (Lipinski definition) is 0. The van der Waals surface area contributed by atoms with E-state index < -0.39 is 5.41 Å². The van der Waals surface area contributed by atoms with Gasteiger partial charge in [0.05, 0.1) is 0 Å². The van der Waals surface area contributed by atoms with Crippen LogP contribution in [0.5, 0.6) is 0 Å². The average molecular weight is 626 g/mol. The zero-order valence-corrected chi connectivity index (χ0v) is 27.7. The second-order valence-electron chi connectivity index (χ2n) is 13.6. The molecule has 0 amide bonds. The Balaban J connectivity index is 1.30. The summed E-state index contributed by atoms with van der Waals surface area (Å²) in [6, 6.07) is 63.5. The van der Waals surface area contributed by atoms with Crippen molar-refractivity contribution < 1.29 is 0 Å². The molecule has 0 saturated carbocycles. The molecule has 9 rings (SSSR count). The van der Waals surface area contributed by atoms with Gasteiger partial charge in [0.15, 0.2) is 0 Å². The Morgan fingerprint density at radius 1 is 0.408 bits per heavy atom. The molecular weight excluding hydrogens is 591 g/mol. The van der Waals surface area contributed by atoms with Crippen LogP contribution in [0.4, 0.5) is 17.1 Å². The van der Waals surface area contributed by atoms with E-state index in [2.05, 4.69) is 200 Å². The van der Waals surface area contributed by atoms with E-state index in [0.29, 0.717) is 0 Å². The van der Waals surface area contributed by atoms with Gasteiger partial charge < -0.3 is 4.90 Å². The lowest BCUT2D eigenvalue weighted by Crippen LogP contribution is -2.26. The third-order valence-electron chi connectivity index (χ3n) is 10.5. The summed E-state index contributed by atoms with van der Waals surface area (Å²) in [5.41, 5.74) is 15.1. The van der Waals surface area contributed by atoms with E-state index in [9.17, 15) is 0 Å². The highest BCUT2D eigenvalue weighted by Gasteiger charge is 2.45. The van der Waals surface area contributed by atoms with Crippen LogP contribution in [0.3, 0.4) is 0 Å². The molecule has 1 atom stereocenters. The van der Waals surface area contributed by atoms with Gasteiger partial charge >= 0.3 is 0 Å². The third kappa shape index (κ3) is 4.49. The lowest BCUT2D eigenvalue weighted by atomic mass is 9.71. The lowest BCUT2D eigenvalue weighted by Gasteiger charge is -2.30. The maximum Gasteiger partial charge on any atom is 0.108 e. The standard InChI is InChI=1S/C48H35N/c1-47(2)43-24-14-12-22-39(43)41-28-26-35(32-46(41)47)48(31-30-34-16-6-3-7-17-34)44-25-15-13-23-40(44)42-33-38(27-29-45(42)48)49(36-18-8-4-9-19-36)37-20-10-5-11-21-37/h3-29,32-33H,1-2H3. The number of rotatable bonds is 4. The first kappa shape index (κ1) is 29.1. The minimum atomic E-state index is -0.662. The summed E-state index contributed by atoms with van der Waals surface area (Å²) in [6.45, 7) is 4.71. The fourth-order valence-corrected chi connectivity index (χ4v) is 8.16. The van der Waals surface area contributed by atoms with Gasteiger partial charge in [-0.05, 0) is 98.6 Å². The SMILES string of the molecule is CC1(C)c2ccccc2-c2ccc(C3(C#Cc4ccccc4)c4ccccc4-c4cc(N(c5ccccc5)c5ccccc5)ccc43)cc21. The number of anilines is 3. The normalized spacial score (nSPS) is 16.0. The molecule has 0 N–H and O–H groups in total. The summed E-state index contributed by atoms with van der Waals surface area (Å²) in [5, 5.41) is 0. The van der Waals surface area contributed by atoms with E-state index in [1.807, 2.05) is 6.07 Å². The monoisotopic (exact) mass is 625 g/mol. The molecule has 0 radical (unpaired) electrons. The predicted molar refractivity (Wildman–Crippen MR) is 204 cm³/mol. The number of hydrogen-bond acceptors (Lipinski definition) is 1. The number of fused-ring (bicyclic) bond motifs is 6. The Bertz CT molecular complexity index is 2370. The van der Waals surface area contributed by atoms with E-state index in [4.69, 9.17) is 0 Å². The van der Waals surface area contributed by atoms with Crippen LogP contribution in [0.2, 0.25) is 0 Å². The molecule has 0 aromatic heterocycles. The largest absolute Gasteiger partial charge is 0.310 e. The average Bonchev–Trinajstić information content (AvgIpc) is 3.57. The summed E-state index contributed by atoms with van der Waals surface area (Å²) in [4.78, 5) is 2.34. The summed E-state index contributed by atoms with van der Waals surface area (Å²) >= 11 is 0. The van der Waals surface area contributed by atoms with Crippen molar-refractivity contribution in [3.63, 3.8) is 0 Å². The molecule has 0 aliphatic heterocycles. The summed E-state index contributed by atoms with van der Waals surface area (Å²) in [6.07, 6.45) is 0. The van der Waals surface area contributed by atoms with Gasteiger partial charge in [-0.25, -0.2) is 0 Å². The van der Waals surface area contributed by atoms with Crippen molar-refractivity contribution in [3.8, 4) is 34.1 Å². The Morgan fingerprint density at radius 2 is 0.939 bits per heavy atom. The zero-order chi connectivity index (χ0) is 33.0. The van der Waals surface area contributed by atoms with Crippen LogP contribution in [-0.2, 0) is 10.8 Å². The van der Waals surface area contributed by atoms with E-state index >= 15 is 0 Å². The van der Waals surface area contributed by atoms with Gasteiger partial charge in [0.2, 0.25) is 0 Å². The lowest BCUT2D eigenvalue weighted by molar-refractivity contribution is 0.657. The van der Waals surface area contributed by atoms with E-state index in [0.717, 1.165) is 22.6 Å². The summed E-state index contributed by atoms with van der Waals surface area (Å²) in [5.74, 6) is 7.57. The summed E-state index contributed by atoms with van der Waals surface area (Å²) in [7, 11) is 0. The smallest absolute Gasteiger partial charge is 0.108 e. The fourth-order valence-electron chi connectivity index (χ4n) is 8.16. The van der Waals surface area contributed by atoms with Crippen LogP contribution in [-0.4, -0.2) is 0 Å². The molecular formula is C48H35N. The highest BCUT2D eigenvalue weighted by atomic mass is 15.1. The van der Waals surface area contributed by atoms with Gasteiger partial charge in [-0.1, -0.05) is 153 Å². The molecule has 232 valence electrons. The van der Waals surface area contributed by atoms with Gasteiger partial charge in [-0.15, -0.1) is 0 Å². The molecule has 0 spiro atoms. The maximum absolute atomic E-state index is 3.93. The first-order valence-electron chi connectivity index (χ1n) is 17.0. The zero-order valence-electron chi connectivity index (χ0n) is 27.7. The van der Waals surface area contributed by atoms with Crippen LogP contribution in [0.25, 0.3) is 22.3 Å². The second-order valence-corrected chi connectivity index (χ2v) is 13.6. The number of para-hydroxylation sites is 2. The van der Waals surface area contributed by atoms with Crippen LogP contribution in [0, 0.1) is 11.8 Å². The minimum absolute atomic E-state index is 0.118. The van der Waals surface area contributed by atoms with Crippen LogP contribution < -0.4 is 4.90 Å². The summed E-state index contributed by atoms with van der Waals surface area (Å²) < 4.78 is 0. The van der Waals surface area contributed by atoms with Crippen molar-refractivity contribution in [2.75, 3.05) is 4.90 Å². The molecule has 0 bridgehead atoms. The fraction of sp³-hybridized carbons (Fsp3) is 0.0833. The quantitative estimate of drug-likeness (QED) is 0.176. The molecule has 0 fully saturated rings. The molecule has 2 aliphatic carbocycles. The van der Waals surface area contributed by atoms with Crippen LogP contribution >= 0.6 is 0 Å². The van der Waals surface area contributed by atoms with Crippen molar-refractivity contribution >= 4 is 17.1 Å². The van der Waals surface area contributed by atoms with E-state index in [1.165, 1.54) is 50.1 Å². The van der Waals surface area contributed by atoms with Crippen molar-refractivity contribution in [1.29, 1.82) is 0 Å². The molecule has 1 heteroatoms. The van der Waals surface area contributed by atoms with Gasteiger partial charge in [0.1, 0.15) is 5.41 Å². The molecule has 2 aliphatic rings. The van der Waals surface area contributed by atoms with E-state index in [-0.39, 0.29) is 5.41 Å². The third-order valence-corrected chi connectivity index (χ3v) is 10.5. The van der Waals surface area contributed by atoms with Gasteiger partial charge in [0, 0.05) is 28.0 Å². The van der Waals surface area contributed by atoms with E-state index in [1.54, 1.807) is 0 Å². The Labute approximate surface area is 289 Å². The molecule has 0 heterocycles. The Kier molecular flexibility index (Phi) is 6.68. The Morgan fingerprint density at radius 3 is 1.61 bits per heavy atom. The van der Waals surface area contributed by atoms with Crippen molar-refractivity contribution in [2.24, 2.45) is 0 Å². The van der Waals surface area contributed by atoms with Crippen LogP contribution in [0.1, 0.15) is 47.2 Å². The first-order valence-corrected chi connectivity index (χ1v) is 17.0. The highest BCUT2D eigenvalue weighted by molar-refractivity contribution is 5.91. The van der Waals surface area contributed by atoms with Crippen molar-refractivity contribution in [3.05, 3.63) is 209 Å². The molecule has 1 unspecified atom stereocenters. The first-order chi connectivity index (χ1) is 24.1. The molecule has 7 aromatic carbocycles. The molecule has 0 saturated heterocycles. The molecule has 1 nitrogen and oxygen atoms in total.